The zero-order valence-corrected chi connectivity index (χ0v) is 14.5. The molecule has 0 fully saturated rings. The zero-order valence-electron chi connectivity index (χ0n) is 14.5. The highest BCUT2D eigenvalue weighted by molar-refractivity contribution is 5.79. The molecule has 2 N–H and O–H groups in total. The molecule has 0 aliphatic rings. The Morgan fingerprint density at radius 1 is 1.29 bits per heavy atom. The number of benzene rings is 1. The van der Waals surface area contributed by atoms with Gasteiger partial charge in [-0.15, -0.1) is 0 Å². The Hall–Kier alpha value is -2.41. The van der Waals surface area contributed by atoms with Gasteiger partial charge >= 0.3 is 0 Å². The third-order valence-electron chi connectivity index (χ3n) is 3.34. The largest absolute Gasteiger partial charge is 0.376 e. The minimum Gasteiger partial charge on any atom is -0.376 e. The van der Waals surface area contributed by atoms with E-state index in [0.29, 0.717) is 43.4 Å². The molecule has 130 valence electrons. The molecule has 0 spiro atoms. The van der Waals surface area contributed by atoms with Gasteiger partial charge in [-0.1, -0.05) is 42.4 Å². The maximum atomic E-state index is 5.75. The first kappa shape index (κ1) is 17.9. The molecule has 1 atom stereocenters. The van der Waals surface area contributed by atoms with Gasteiger partial charge in [0.05, 0.1) is 19.8 Å². The minimum atomic E-state index is 0.361. The van der Waals surface area contributed by atoms with Crippen LogP contribution in [-0.2, 0) is 17.9 Å². The fraction of sp³-hybridized carbons (Fsp3) is 0.471. The van der Waals surface area contributed by atoms with Crippen molar-refractivity contribution in [1.82, 2.24) is 20.8 Å². The molecule has 0 radical (unpaired) electrons. The molecule has 7 nitrogen and oxygen atoms in total. The maximum absolute atomic E-state index is 5.75. The van der Waals surface area contributed by atoms with Gasteiger partial charge in [-0.25, -0.2) is 0 Å². The van der Waals surface area contributed by atoms with E-state index in [1.807, 2.05) is 18.2 Å². The lowest BCUT2D eigenvalue weighted by molar-refractivity contribution is 0.0931. The molecule has 1 aromatic heterocycles. The predicted octanol–water partition coefficient (Wildman–Crippen LogP) is 1.90. The average Bonchev–Trinajstić information content (AvgIpc) is 3.01. The third kappa shape index (κ3) is 6.37. The lowest BCUT2D eigenvalue weighted by Crippen LogP contribution is -2.39. The van der Waals surface area contributed by atoms with Crippen LogP contribution in [0.4, 0.5) is 0 Å². The van der Waals surface area contributed by atoms with Crippen molar-refractivity contribution in [2.24, 2.45) is 10.9 Å². The van der Waals surface area contributed by atoms with Crippen LogP contribution in [0, 0.1) is 12.8 Å². The number of hydrogen-bond acceptors (Lipinski definition) is 5. The van der Waals surface area contributed by atoms with E-state index in [0.717, 1.165) is 6.54 Å². The molecule has 0 amide bonds. The minimum absolute atomic E-state index is 0.361. The second kappa shape index (κ2) is 9.67. The summed E-state index contributed by atoms with van der Waals surface area (Å²) in [5, 5.41) is 10.3. The molecule has 1 unspecified atom stereocenters. The van der Waals surface area contributed by atoms with E-state index < -0.39 is 0 Å². The van der Waals surface area contributed by atoms with E-state index in [1.165, 1.54) is 5.56 Å². The van der Waals surface area contributed by atoms with Crippen molar-refractivity contribution in [3.05, 3.63) is 47.6 Å². The van der Waals surface area contributed by atoms with Crippen molar-refractivity contribution in [3.63, 3.8) is 0 Å². The molecule has 2 aromatic rings. The quantitative estimate of drug-likeness (QED) is 0.568. The number of nitrogens with one attached hydrogen (secondary N) is 2. The Kier molecular flexibility index (Phi) is 7.22. The topological polar surface area (TPSA) is 84.6 Å². The van der Waals surface area contributed by atoms with Crippen molar-refractivity contribution >= 4 is 5.96 Å². The van der Waals surface area contributed by atoms with E-state index in [9.17, 15) is 0 Å². The molecule has 7 heteroatoms. The molecular formula is C17H25N5O2. The van der Waals surface area contributed by atoms with Crippen LogP contribution >= 0.6 is 0 Å². The Bertz CT molecular complexity index is 627. The van der Waals surface area contributed by atoms with Gasteiger partial charge in [0, 0.05) is 20.5 Å². The Balaban J connectivity index is 1.63. The van der Waals surface area contributed by atoms with Crippen LogP contribution in [0.2, 0.25) is 0 Å². The van der Waals surface area contributed by atoms with Gasteiger partial charge in [0.2, 0.25) is 5.89 Å². The summed E-state index contributed by atoms with van der Waals surface area (Å²) < 4.78 is 10.7. The molecular weight excluding hydrogens is 306 g/mol. The van der Waals surface area contributed by atoms with Crippen LogP contribution < -0.4 is 10.6 Å². The molecule has 0 bridgehead atoms. The van der Waals surface area contributed by atoms with E-state index in [-0.39, 0.29) is 0 Å². The average molecular weight is 331 g/mol. The molecule has 0 aliphatic carbocycles. The Labute approximate surface area is 142 Å². The normalized spacial score (nSPS) is 12.9. The predicted molar refractivity (Wildman–Crippen MR) is 92.5 cm³/mol. The highest BCUT2D eigenvalue weighted by Gasteiger charge is 2.06. The summed E-state index contributed by atoms with van der Waals surface area (Å²) in [6.07, 6.45) is 0. The smallest absolute Gasteiger partial charge is 0.223 e. The van der Waals surface area contributed by atoms with E-state index in [1.54, 1.807) is 14.0 Å². The number of guanidine groups is 1. The van der Waals surface area contributed by atoms with Gasteiger partial charge in [-0.05, 0) is 11.5 Å². The van der Waals surface area contributed by atoms with E-state index >= 15 is 0 Å². The number of aromatic nitrogens is 2. The fourth-order valence-corrected chi connectivity index (χ4v) is 2.08. The van der Waals surface area contributed by atoms with Crippen molar-refractivity contribution in [3.8, 4) is 0 Å². The Morgan fingerprint density at radius 3 is 2.75 bits per heavy atom. The first-order chi connectivity index (χ1) is 11.7. The van der Waals surface area contributed by atoms with Gasteiger partial charge in [0.25, 0.3) is 0 Å². The van der Waals surface area contributed by atoms with Gasteiger partial charge in [-0.2, -0.15) is 4.98 Å². The van der Waals surface area contributed by atoms with Crippen molar-refractivity contribution in [2.45, 2.75) is 27.0 Å². The van der Waals surface area contributed by atoms with Crippen LogP contribution in [0.1, 0.15) is 24.2 Å². The highest BCUT2D eigenvalue weighted by Crippen LogP contribution is 2.02. The summed E-state index contributed by atoms with van der Waals surface area (Å²) >= 11 is 0. The summed E-state index contributed by atoms with van der Waals surface area (Å²) in [4.78, 5) is 8.32. The van der Waals surface area contributed by atoms with Gasteiger partial charge in [-0.3, -0.25) is 4.99 Å². The van der Waals surface area contributed by atoms with Crippen molar-refractivity contribution in [2.75, 3.05) is 20.2 Å². The lowest BCUT2D eigenvalue weighted by atomic mass is 10.2. The standard InChI is InChI=1S/C17H25N5O2/c1-13(11-23-12-15-7-5-4-6-8-15)9-19-17(18-3)20-10-16-21-14(2)24-22-16/h4-8,13H,9-12H2,1-3H3,(H2,18,19,20). The molecule has 2 rings (SSSR count). The molecule has 1 heterocycles. The van der Waals surface area contributed by atoms with E-state index in [2.05, 4.69) is 44.8 Å². The van der Waals surface area contributed by atoms with Crippen LogP contribution in [0.15, 0.2) is 39.8 Å². The maximum Gasteiger partial charge on any atom is 0.223 e. The number of aliphatic imine (C=N–C) groups is 1. The molecule has 0 saturated carbocycles. The zero-order chi connectivity index (χ0) is 17.2. The lowest BCUT2D eigenvalue weighted by Gasteiger charge is -2.15. The number of rotatable bonds is 8. The first-order valence-electron chi connectivity index (χ1n) is 8.02. The van der Waals surface area contributed by atoms with Gasteiger partial charge in [0.15, 0.2) is 11.8 Å². The van der Waals surface area contributed by atoms with Crippen LogP contribution in [0.5, 0.6) is 0 Å². The SMILES string of the molecule is CN=C(NCc1noc(C)n1)NCC(C)COCc1ccccc1. The van der Waals surface area contributed by atoms with Crippen molar-refractivity contribution < 1.29 is 9.26 Å². The molecule has 0 saturated heterocycles. The summed E-state index contributed by atoms with van der Waals surface area (Å²) in [5.41, 5.74) is 1.19. The van der Waals surface area contributed by atoms with Crippen LogP contribution in [0.3, 0.4) is 0 Å². The summed E-state index contributed by atoms with van der Waals surface area (Å²) in [6.45, 7) is 6.45. The van der Waals surface area contributed by atoms with Gasteiger partial charge in [0.1, 0.15) is 0 Å². The van der Waals surface area contributed by atoms with Crippen LogP contribution in [0.25, 0.3) is 0 Å². The number of hydrogen-bond donors (Lipinski definition) is 2. The second-order valence-corrected chi connectivity index (χ2v) is 5.64. The summed E-state index contributed by atoms with van der Waals surface area (Å²) in [7, 11) is 1.73. The monoisotopic (exact) mass is 331 g/mol. The van der Waals surface area contributed by atoms with Crippen molar-refractivity contribution in [1.29, 1.82) is 0 Å². The highest BCUT2D eigenvalue weighted by atomic mass is 16.5. The summed E-state index contributed by atoms with van der Waals surface area (Å²) in [6, 6.07) is 10.2. The number of aryl methyl sites for hydroxylation is 1. The third-order valence-corrected chi connectivity index (χ3v) is 3.34. The van der Waals surface area contributed by atoms with Crippen LogP contribution in [-0.4, -0.2) is 36.3 Å². The van der Waals surface area contributed by atoms with Gasteiger partial charge < -0.3 is 19.9 Å². The molecule has 1 aromatic carbocycles. The molecule has 0 aliphatic heterocycles. The summed E-state index contributed by atoms with van der Waals surface area (Å²) in [5.74, 6) is 2.22. The second-order valence-electron chi connectivity index (χ2n) is 5.64. The van der Waals surface area contributed by atoms with E-state index in [4.69, 9.17) is 9.26 Å². The molecule has 24 heavy (non-hydrogen) atoms. The first-order valence-corrected chi connectivity index (χ1v) is 8.02. The Morgan fingerprint density at radius 2 is 2.08 bits per heavy atom. The fourth-order valence-electron chi connectivity index (χ4n) is 2.08. The number of nitrogens with zero attached hydrogens (tertiary/aromatic N) is 3. The number of ether oxygens (including phenoxy) is 1.